The van der Waals surface area contributed by atoms with Crippen LogP contribution in [0.3, 0.4) is 0 Å². The summed E-state index contributed by atoms with van der Waals surface area (Å²) in [6, 6.07) is 12.3. The Morgan fingerprint density at radius 1 is 1.09 bits per heavy atom. The predicted molar refractivity (Wildman–Crippen MR) is 119 cm³/mol. The highest BCUT2D eigenvalue weighted by molar-refractivity contribution is 7.94. The first kappa shape index (κ1) is 22.1. The first-order valence-electron chi connectivity index (χ1n) is 9.22. The molecule has 166 valence electrons. The molecule has 0 fully saturated rings. The molecular formula is C20H16FN3O5S3. The second kappa shape index (κ2) is 8.45. The molecule has 2 aromatic carbocycles. The fraction of sp³-hybridized carbons (Fsp3) is 0.100. The van der Waals surface area contributed by atoms with E-state index in [1.54, 1.807) is 23.6 Å². The van der Waals surface area contributed by atoms with Gasteiger partial charge in [-0.3, -0.25) is 9.52 Å². The Labute approximate surface area is 187 Å². The molecule has 3 aromatic rings. The molecule has 8 nitrogen and oxygen atoms in total. The van der Waals surface area contributed by atoms with Crippen LogP contribution in [0.15, 0.2) is 74.2 Å². The smallest absolute Gasteiger partial charge is 0.273 e. The minimum Gasteiger partial charge on any atom is -0.278 e. The summed E-state index contributed by atoms with van der Waals surface area (Å²) in [5.41, 5.74) is 2.68. The van der Waals surface area contributed by atoms with Gasteiger partial charge in [0.2, 0.25) is 0 Å². The number of thiophene rings is 1. The van der Waals surface area contributed by atoms with Crippen LogP contribution in [0.25, 0.3) is 0 Å². The number of anilines is 1. The molecule has 1 aliphatic rings. The summed E-state index contributed by atoms with van der Waals surface area (Å²) in [5, 5.41) is 5.63. The first-order valence-corrected chi connectivity index (χ1v) is 13.2. The number of halogens is 1. The highest BCUT2D eigenvalue weighted by Crippen LogP contribution is 2.26. The highest BCUT2D eigenvalue weighted by atomic mass is 32.2. The second-order valence-electron chi connectivity index (χ2n) is 6.79. The molecule has 1 amide bonds. The number of nitrogens with one attached hydrogen (secondary N) is 2. The quantitative estimate of drug-likeness (QED) is 0.418. The number of carbonyl (C=O) groups excluding carboxylic acids is 1. The standard InChI is InChI=1S/C20H16FN3O5S3/c21-13-7-8-18-15(12-13)16(9-11-31(18,26)27)22-23-20(25)14-4-1-2-5-17(14)24-32(28,29)19-6-3-10-30-19/h1-8,10,12,24H,9,11H2,(H,23,25)/b22-16-. The summed E-state index contributed by atoms with van der Waals surface area (Å²) in [5.74, 6) is -1.57. The van der Waals surface area contributed by atoms with Gasteiger partial charge < -0.3 is 0 Å². The van der Waals surface area contributed by atoms with Gasteiger partial charge in [0.25, 0.3) is 15.9 Å². The molecule has 0 radical (unpaired) electrons. The summed E-state index contributed by atoms with van der Waals surface area (Å²) < 4.78 is 65.7. The molecule has 0 spiro atoms. The van der Waals surface area contributed by atoms with E-state index in [-0.39, 0.29) is 43.8 Å². The fourth-order valence-corrected chi connectivity index (χ4v) is 6.69. The van der Waals surface area contributed by atoms with Gasteiger partial charge in [-0.25, -0.2) is 26.7 Å². The van der Waals surface area contributed by atoms with E-state index in [4.69, 9.17) is 0 Å². The van der Waals surface area contributed by atoms with Gasteiger partial charge in [-0.15, -0.1) is 11.3 Å². The van der Waals surface area contributed by atoms with Gasteiger partial charge in [0.05, 0.1) is 27.6 Å². The summed E-state index contributed by atoms with van der Waals surface area (Å²) in [7, 11) is -7.44. The molecular weight excluding hydrogens is 477 g/mol. The number of hydrazone groups is 1. The van der Waals surface area contributed by atoms with Gasteiger partial charge >= 0.3 is 0 Å². The number of carbonyl (C=O) groups is 1. The number of rotatable bonds is 5. The summed E-state index contributed by atoms with van der Waals surface area (Å²) in [4.78, 5) is 12.7. The monoisotopic (exact) mass is 493 g/mol. The van der Waals surface area contributed by atoms with E-state index in [0.717, 1.165) is 23.5 Å². The molecule has 2 N–H and O–H groups in total. The van der Waals surface area contributed by atoms with Gasteiger partial charge in [-0.05, 0) is 41.8 Å². The number of nitrogens with zero attached hydrogens (tertiary/aromatic N) is 1. The van der Waals surface area contributed by atoms with Crippen molar-refractivity contribution >= 4 is 48.5 Å². The van der Waals surface area contributed by atoms with Crippen molar-refractivity contribution in [2.24, 2.45) is 5.10 Å². The summed E-state index contributed by atoms with van der Waals surface area (Å²) >= 11 is 1.03. The lowest BCUT2D eigenvalue weighted by molar-refractivity contribution is 0.0955. The highest BCUT2D eigenvalue weighted by Gasteiger charge is 2.28. The molecule has 32 heavy (non-hydrogen) atoms. The number of para-hydroxylation sites is 1. The van der Waals surface area contributed by atoms with Crippen molar-refractivity contribution in [1.82, 2.24) is 5.43 Å². The zero-order valence-electron chi connectivity index (χ0n) is 16.3. The normalized spacial score (nSPS) is 16.3. The second-order valence-corrected chi connectivity index (χ2v) is 11.7. The SMILES string of the molecule is O=C(N/N=C1/CCS(=O)(=O)c2ccc(F)cc21)c1ccccc1NS(=O)(=O)c1cccs1. The number of sulfonamides is 1. The third kappa shape index (κ3) is 4.42. The van der Waals surface area contributed by atoms with Crippen molar-refractivity contribution in [1.29, 1.82) is 0 Å². The molecule has 0 aliphatic carbocycles. The van der Waals surface area contributed by atoms with E-state index in [2.05, 4.69) is 15.2 Å². The average Bonchev–Trinajstić information content (AvgIpc) is 3.29. The Morgan fingerprint density at radius 2 is 1.88 bits per heavy atom. The number of hydrogen-bond acceptors (Lipinski definition) is 7. The Morgan fingerprint density at radius 3 is 2.62 bits per heavy atom. The van der Waals surface area contributed by atoms with Gasteiger partial charge in [0.1, 0.15) is 10.0 Å². The van der Waals surface area contributed by atoms with E-state index in [9.17, 15) is 26.0 Å². The lowest BCUT2D eigenvalue weighted by atomic mass is 10.1. The predicted octanol–water partition coefficient (Wildman–Crippen LogP) is 3.00. The molecule has 0 saturated heterocycles. The first-order chi connectivity index (χ1) is 15.2. The van der Waals surface area contributed by atoms with Crippen molar-refractivity contribution in [3.63, 3.8) is 0 Å². The van der Waals surface area contributed by atoms with Crippen LogP contribution < -0.4 is 10.1 Å². The minimum absolute atomic E-state index is 0.00821. The molecule has 1 aliphatic heterocycles. The lowest BCUT2D eigenvalue weighted by Gasteiger charge is -2.18. The maximum Gasteiger partial charge on any atom is 0.273 e. The zero-order chi connectivity index (χ0) is 22.9. The van der Waals surface area contributed by atoms with Crippen LogP contribution in [0.2, 0.25) is 0 Å². The maximum atomic E-state index is 13.7. The van der Waals surface area contributed by atoms with Crippen LogP contribution >= 0.6 is 11.3 Å². The lowest BCUT2D eigenvalue weighted by Crippen LogP contribution is -2.27. The van der Waals surface area contributed by atoms with Crippen molar-refractivity contribution in [2.45, 2.75) is 15.5 Å². The average molecular weight is 494 g/mol. The number of hydrogen-bond donors (Lipinski definition) is 2. The van der Waals surface area contributed by atoms with Crippen LogP contribution in [0.1, 0.15) is 22.3 Å². The largest absolute Gasteiger partial charge is 0.278 e. The van der Waals surface area contributed by atoms with Crippen molar-refractivity contribution in [2.75, 3.05) is 10.5 Å². The van der Waals surface area contributed by atoms with Crippen LogP contribution in [-0.4, -0.2) is 34.2 Å². The number of amides is 1. The van der Waals surface area contributed by atoms with E-state index >= 15 is 0 Å². The third-order valence-corrected chi connectivity index (χ3v) is 9.19. The molecule has 1 aromatic heterocycles. The minimum atomic E-state index is -3.87. The maximum absolute atomic E-state index is 13.7. The van der Waals surface area contributed by atoms with Crippen LogP contribution in [-0.2, 0) is 19.9 Å². The van der Waals surface area contributed by atoms with Gasteiger partial charge in [-0.1, -0.05) is 18.2 Å². The van der Waals surface area contributed by atoms with E-state index in [1.165, 1.54) is 24.3 Å². The van der Waals surface area contributed by atoms with Crippen molar-refractivity contribution in [3.8, 4) is 0 Å². The van der Waals surface area contributed by atoms with Gasteiger partial charge in [0.15, 0.2) is 9.84 Å². The van der Waals surface area contributed by atoms with E-state index < -0.39 is 31.6 Å². The Hall–Kier alpha value is -3.09. The molecule has 0 unspecified atom stereocenters. The van der Waals surface area contributed by atoms with E-state index in [1.807, 2.05) is 0 Å². The Kier molecular flexibility index (Phi) is 5.84. The molecule has 2 heterocycles. The van der Waals surface area contributed by atoms with Crippen LogP contribution in [0.4, 0.5) is 10.1 Å². The summed E-state index contributed by atoms with van der Waals surface area (Å²) in [6.45, 7) is 0. The fourth-order valence-electron chi connectivity index (χ4n) is 3.15. The number of fused-ring (bicyclic) bond motifs is 1. The molecule has 0 atom stereocenters. The zero-order valence-corrected chi connectivity index (χ0v) is 18.7. The topological polar surface area (TPSA) is 122 Å². The molecule has 12 heteroatoms. The van der Waals surface area contributed by atoms with Crippen molar-refractivity contribution < 1.29 is 26.0 Å². The molecule has 0 bridgehead atoms. The number of benzene rings is 2. The van der Waals surface area contributed by atoms with E-state index in [0.29, 0.717) is 0 Å². The van der Waals surface area contributed by atoms with Crippen LogP contribution in [0, 0.1) is 5.82 Å². The molecule has 0 saturated carbocycles. The molecule has 4 rings (SSSR count). The third-order valence-electron chi connectivity index (χ3n) is 4.66. The number of sulfone groups is 1. The van der Waals surface area contributed by atoms with Gasteiger partial charge in [-0.2, -0.15) is 5.10 Å². The van der Waals surface area contributed by atoms with Crippen LogP contribution in [0.5, 0.6) is 0 Å². The van der Waals surface area contributed by atoms with Gasteiger partial charge in [0, 0.05) is 12.0 Å². The Balaban J connectivity index is 1.61. The van der Waals surface area contributed by atoms with Crippen molar-refractivity contribution in [3.05, 3.63) is 76.9 Å². The summed E-state index contributed by atoms with van der Waals surface area (Å²) in [6.07, 6.45) is -0.00821. The Bertz CT molecular complexity index is 1430.